The van der Waals surface area contributed by atoms with Crippen LogP contribution in [0, 0.1) is 0 Å². The lowest BCUT2D eigenvalue weighted by molar-refractivity contribution is 1.07. The van der Waals surface area contributed by atoms with Gasteiger partial charge in [-0.2, -0.15) is 0 Å². The average Bonchev–Trinajstić information content (AvgIpc) is 3.94. The van der Waals surface area contributed by atoms with E-state index in [2.05, 4.69) is 137 Å². The van der Waals surface area contributed by atoms with Crippen molar-refractivity contribution in [2.45, 2.75) is 0 Å². The maximum Gasteiger partial charge on any atom is 0.164 e. The third-order valence-electron chi connectivity index (χ3n) is 11.2. The Morgan fingerprint density at radius 2 is 0.877 bits per heavy atom. The van der Waals surface area contributed by atoms with E-state index >= 15 is 0 Å². The summed E-state index contributed by atoms with van der Waals surface area (Å²) in [5.74, 6) is 1.94. The zero-order valence-electron chi connectivity index (χ0n) is 30.5. The number of rotatable bonds is 5. The molecular weight excluding hydrogens is 715 g/mol. The zero-order valence-corrected chi connectivity index (χ0v) is 31.4. The Labute approximate surface area is 331 Å². The van der Waals surface area contributed by atoms with E-state index in [4.69, 9.17) is 15.0 Å². The lowest BCUT2D eigenvalue weighted by Gasteiger charge is -2.10. The van der Waals surface area contributed by atoms with Crippen LogP contribution in [0.3, 0.4) is 0 Å². The number of thiophene rings is 1. The molecule has 0 saturated carbocycles. The molecule has 5 nitrogen and oxygen atoms in total. The second-order valence-corrected chi connectivity index (χ2v) is 15.5. The fourth-order valence-electron chi connectivity index (χ4n) is 8.62. The molecule has 0 bridgehead atoms. The number of aromatic nitrogens is 5. The molecule has 12 aromatic rings. The molecule has 0 aliphatic heterocycles. The Kier molecular flexibility index (Phi) is 7.03. The van der Waals surface area contributed by atoms with E-state index in [-0.39, 0.29) is 0 Å². The summed E-state index contributed by atoms with van der Waals surface area (Å²) >= 11 is 1.85. The molecule has 0 N–H and O–H groups in total. The van der Waals surface area contributed by atoms with E-state index < -0.39 is 0 Å². The molecule has 0 aliphatic rings. The summed E-state index contributed by atoms with van der Waals surface area (Å²) in [6, 6.07) is 66.7. The van der Waals surface area contributed by atoms with Crippen molar-refractivity contribution >= 4 is 75.1 Å². The monoisotopic (exact) mass is 745 g/mol. The fraction of sp³-hybridized carbons (Fsp3) is 0. The van der Waals surface area contributed by atoms with Crippen LogP contribution in [-0.2, 0) is 0 Å². The van der Waals surface area contributed by atoms with E-state index in [0.717, 1.165) is 39.0 Å². The molecular formula is C51H31N5S. The molecule has 0 fully saturated rings. The first-order chi connectivity index (χ1) is 28.3. The van der Waals surface area contributed by atoms with Crippen LogP contribution in [0.4, 0.5) is 0 Å². The molecule has 4 heterocycles. The minimum atomic E-state index is 0.642. The number of hydrogen-bond donors (Lipinski definition) is 0. The largest absolute Gasteiger partial charge is 0.309 e. The second-order valence-electron chi connectivity index (χ2n) is 14.4. The molecule has 12 rings (SSSR count). The van der Waals surface area contributed by atoms with Crippen molar-refractivity contribution in [1.82, 2.24) is 24.1 Å². The highest BCUT2D eigenvalue weighted by Crippen LogP contribution is 2.45. The van der Waals surface area contributed by atoms with Crippen LogP contribution in [0.5, 0.6) is 0 Å². The average molecular weight is 746 g/mol. The quantitative estimate of drug-likeness (QED) is 0.176. The van der Waals surface area contributed by atoms with Crippen molar-refractivity contribution in [1.29, 1.82) is 0 Å². The van der Waals surface area contributed by atoms with Crippen molar-refractivity contribution in [3.8, 4) is 45.5 Å². The Hall–Kier alpha value is -7.41. The van der Waals surface area contributed by atoms with Gasteiger partial charge in [0.2, 0.25) is 0 Å². The Morgan fingerprint density at radius 3 is 1.53 bits per heavy atom. The van der Waals surface area contributed by atoms with Gasteiger partial charge in [0.05, 0.1) is 22.1 Å². The van der Waals surface area contributed by atoms with Gasteiger partial charge in [-0.1, -0.05) is 121 Å². The van der Waals surface area contributed by atoms with Gasteiger partial charge in [0.25, 0.3) is 0 Å². The van der Waals surface area contributed by atoms with Crippen LogP contribution in [0.15, 0.2) is 188 Å². The standard InChI is InChI=1S/C51H31N5S/c1-4-14-32(15-5-1)49-52-50(33-16-6-2-7-17-33)54-51(53-49)34-24-27-44-40(30-34)39-26-29-46-47(48(39)56(44)35-18-8-3-9-19-35)41-31-36(25-28-45(41)57-46)55-42-22-12-10-20-37(42)38-21-11-13-23-43(38)55/h1-31H. The third kappa shape index (κ3) is 4.98. The third-order valence-corrected chi connectivity index (χ3v) is 12.3. The van der Waals surface area contributed by atoms with Crippen molar-refractivity contribution in [3.05, 3.63) is 188 Å². The predicted molar refractivity (Wildman–Crippen MR) is 238 cm³/mol. The SMILES string of the molecule is c1ccc(-c2nc(-c3ccccc3)nc(-c3ccc4c(c3)c3ccc5sc6ccc(-n7c8ccccc8c8ccccc87)cc6c5c3n4-c3ccccc3)n2)cc1. The first-order valence-electron chi connectivity index (χ1n) is 19.1. The highest BCUT2D eigenvalue weighted by Gasteiger charge is 2.21. The summed E-state index contributed by atoms with van der Waals surface area (Å²) in [5.41, 5.74) is 9.85. The Bertz CT molecular complexity index is 3400. The van der Waals surface area contributed by atoms with Gasteiger partial charge in [-0.05, 0) is 66.7 Å². The summed E-state index contributed by atoms with van der Waals surface area (Å²) < 4.78 is 7.37. The van der Waals surface area contributed by atoms with E-state index in [1.807, 2.05) is 72.0 Å². The van der Waals surface area contributed by atoms with Crippen LogP contribution >= 0.6 is 11.3 Å². The molecule has 0 saturated heterocycles. The molecule has 4 aromatic heterocycles. The van der Waals surface area contributed by atoms with Gasteiger partial charge in [-0.3, -0.25) is 0 Å². The zero-order chi connectivity index (χ0) is 37.5. The number of benzene rings is 8. The van der Waals surface area contributed by atoms with Gasteiger partial charge in [-0.15, -0.1) is 11.3 Å². The summed E-state index contributed by atoms with van der Waals surface area (Å²) in [6.45, 7) is 0. The molecule has 0 aliphatic carbocycles. The van der Waals surface area contributed by atoms with Crippen LogP contribution in [0.1, 0.15) is 0 Å². The first kappa shape index (κ1) is 31.9. The minimum absolute atomic E-state index is 0.642. The molecule has 8 aromatic carbocycles. The van der Waals surface area contributed by atoms with E-state index in [1.54, 1.807) is 0 Å². The first-order valence-corrected chi connectivity index (χ1v) is 19.9. The van der Waals surface area contributed by atoms with Crippen LogP contribution in [-0.4, -0.2) is 24.1 Å². The minimum Gasteiger partial charge on any atom is -0.309 e. The number of nitrogens with zero attached hydrogens (tertiary/aromatic N) is 5. The van der Waals surface area contributed by atoms with E-state index in [9.17, 15) is 0 Å². The van der Waals surface area contributed by atoms with Gasteiger partial charge in [0.1, 0.15) is 0 Å². The lowest BCUT2D eigenvalue weighted by Crippen LogP contribution is -2.00. The predicted octanol–water partition coefficient (Wildman–Crippen LogP) is 13.4. The summed E-state index contributed by atoms with van der Waals surface area (Å²) in [4.78, 5) is 15.1. The molecule has 57 heavy (non-hydrogen) atoms. The van der Waals surface area contributed by atoms with E-state index in [1.165, 1.54) is 52.9 Å². The second kappa shape index (κ2) is 12.6. The lowest BCUT2D eigenvalue weighted by atomic mass is 10.1. The number of para-hydroxylation sites is 3. The van der Waals surface area contributed by atoms with Crippen molar-refractivity contribution < 1.29 is 0 Å². The van der Waals surface area contributed by atoms with Crippen LogP contribution in [0.25, 0.3) is 109 Å². The molecule has 0 unspecified atom stereocenters. The molecule has 0 atom stereocenters. The number of fused-ring (bicyclic) bond motifs is 10. The summed E-state index contributed by atoms with van der Waals surface area (Å²) in [6.07, 6.45) is 0. The Morgan fingerprint density at radius 1 is 0.333 bits per heavy atom. The summed E-state index contributed by atoms with van der Waals surface area (Å²) in [7, 11) is 0. The fourth-order valence-corrected chi connectivity index (χ4v) is 9.71. The normalized spacial score (nSPS) is 11.9. The summed E-state index contributed by atoms with van der Waals surface area (Å²) in [5, 5.41) is 7.36. The van der Waals surface area contributed by atoms with Crippen molar-refractivity contribution in [2.24, 2.45) is 0 Å². The molecule has 0 spiro atoms. The molecule has 0 radical (unpaired) electrons. The maximum absolute atomic E-state index is 5.08. The Balaban J connectivity index is 1.13. The van der Waals surface area contributed by atoms with Gasteiger partial charge in [0.15, 0.2) is 17.5 Å². The maximum atomic E-state index is 5.08. The van der Waals surface area contributed by atoms with Crippen molar-refractivity contribution in [3.63, 3.8) is 0 Å². The topological polar surface area (TPSA) is 48.5 Å². The van der Waals surface area contributed by atoms with Gasteiger partial charge in [-0.25, -0.2) is 15.0 Å². The van der Waals surface area contributed by atoms with Crippen LogP contribution in [0.2, 0.25) is 0 Å². The van der Waals surface area contributed by atoms with Crippen molar-refractivity contribution in [2.75, 3.05) is 0 Å². The van der Waals surface area contributed by atoms with E-state index in [0.29, 0.717) is 17.5 Å². The molecule has 6 heteroatoms. The van der Waals surface area contributed by atoms with Gasteiger partial charge >= 0.3 is 0 Å². The molecule has 266 valence electrons. The highest BCUT2D eigenvalue weighted by atomic mass is 32.1. The van der Waals surface area contributed by atoms with Gasteiger partial charge < -0.3 is 9.13 Å². The van der Waals surface area contributed by atoms with Crippen LogP contribution < -0.4 is 0 Å². The number of hydrogen-bond acceptors (Lipinski definition) is 4. The highest BCUT2D eigenvalue weighted by molar-refractivity contribution is 7.26. The smallest absolute Gasteiger partial charge is 0.164 e. The van der Waals surface area contributed by atoms with Gasteiger partial charge in [0, 0.05) is 69.8 Å². The molecule has 0 amide bonds.